The number of carbonyl (C=O) groups is 1. The number of hydrogen-bond acceptors (Lipinski definition) is 3. The zero-order chi connectivity index (χ0) is 14.9. The average Bonchev–Trinajstić information content (AvgIpc) is 2.53. The van der Waals surface area contributed by atoms with Gasteiger partial charge in [0.15, 0.2) is 5.78 Å². The Bertz CT molecular complexity index is 501. The van der Waals surface area contributed by atoms with E-state index in [1.165, 1.54) is 6.42 Å². The maximum atomic E-state index is 12.6. The van der Waals surface area contributed by atoms with Crippen LogP contribution in [0.4, 0.5) is 0 Å². The molecule has 3 unspecified atom stereocenters. The minimum absolute atomic E-state index is 0.0983. The molecule has 3 rings (SSSR count). The van der Waals surface area contributed by atoms with Gasteiger partial charge < -0.3 is 5.11 Å². The Morgan fingerprint density at radius 2 is 2.05 bits per heavy atom. The van der Waals surface area contributed by atoms with E-state index >= 15 is 0 Å². The van der Waals surface area contributed by atoms with Gasteiger partial charge in [-0.3, -0.25) is 9.69 Å². The van der Waals surface area contributed by atoms with Gasteiger partial charge in [-0.1, -0.05) is 43.2 Å². The third-order valence-electron chi connectivity index (χ3n) is 5.44. The van der Waals surface area contributed by atoms with Gasteiger partial charge in [-0.2, -0.15) is 0 Å². The van der Waals surface area contributed by atoms with E-state index in [9.17, 15) is 9.90 Å². The minimum Gasteiger partial charge on any atom is -0.390 e. The van der Waals surface area contributed by atoms with E-state index in [0.717, 1.165) is 44.3 Å². The van der Waals surface area contributed by atoms with E-state index in [1.54, 1.807) is 0 Å². The fourth-order valence-corrected chi connectivity index (χ4v) is 3.96. The summed E-state index contributed by atoms with van der Waals surface area (Å²) in [5.41, 5.74) is 0.319. The second kappa shape index (κ2) is 5.90. The quantitative estimate of drug-likeness (QED) is 0.869. The maximum Gasteiger partial charge on any atom is 0.179 e. The molecule has 1 aromatic rings. The monoisotopic (exact) mass is 287 g/mol. The largest absolute Gasteiger partial charge is 0.390 e. The van der Waals surface area contributed by atoms with Crippen LogP contribution in [0.15, 0.2) is 30.3 Å². The third-order valence-corrected chi connectivity index (χ3v) is 5.44. The summed E-state index contributed by atoms with van der Waals surface area (Å²) in [5.74, 6) is 0.530. The van der Waals surface area contributed by atoms with Gasteiger partial charge in [0.05, 0.1) is 11.6 Å². The second-order valence-electron chi connectivity index (χ2n) is 6.70. The highest BCUT2D eigenvalue weighted by molar-refractivity contribution is 5.99. The summed E-state index contributed by atoms with van der Waals surface area (Å²) in [6.45, 7) is 3.69. The molecule has 2 fully saturated rings. The van der Waals surface area contributed by atoms with Crippen LogP contribution in [-0.2, 0) is 0 Å². The van der Waals surface area contributed by atoms with Gasteiger partial charge in [0.1, 0.15) is 0 Å². The van der Waals surface area contributed by atoms with Crippen molar-refractivity contribution in [3.8, 4) is 0 Å². The molecule has 1 aromatic carbocycles. The highest BCUT2D eigenvalue weighted by atomic mass is 16.3. The zero-order valence-corrected chi connectivity index (χ0v) is 12.8. The van der Waals surface area contributed by atoms with Crippen molar-refractivity contribution in [2.24, 2.45) is 5.92 Å². The fourth-order valence-electron chi connectivity index (χ4n) is 3.96. The molecular formula is C18H25NO2. The molecule has 2 aliphatic rings. The van der Waals surface area contributed by atoms with Crippen molar-refractivity contribution in [3.05, 3.63) is 35.9 Å². The highest BCUT2D eigenvalue weighted by Gasteiger charge is 2.44. The van der Waals surface area contributed by atoms with Crippen molar-refractivity contribution < 1.29 is 9.90 Å². The molecule has 1 aliphatic carbocycles. The van der Waals surface area contributed by atoms with Crippen molar-refractivity contribution in [2.75, 3.05) is 13.1 Å². The lowest BCUT2D eigenvalue weighted by Crippen LogP contribution is -2.56. The number of fused-ring (bicyclic) bond motifs is 1. The molecule has 1 heterocycles. The van der Waals surface area contributed by atoms with Crippen LogP contribution >= 0.6 is 0 Å². The van der Waals surface area contributed by atoms with Crippen LogP contribution in [0.3, 0.4) is 0 Å². The second-order valence-corrected chi connectivity index (χ2v) is 6.70. The molecule has 1 aliphatic heterocycles. The Morgan fingerprint density at radius 1 is 1.29 bits per heavy atom. The number of hydrogen-bond donors (Lipinski definition) is 1. The molecule has 0 aromatic heterocycles. The third kappa shape index (κ3) is 2.90. The van der Waals surface area contributed by atoms with Crippen molar-refractivity contribution in [1.29, 1.82) is 0 Å². The maximum absolute atomic E-state index is 12.6. The van der Waals surface area contributed by atoms with Crippen LogP contribution in [0, 0.1) is 5.92 Å². The zero-order valence-electron chi connectivity index (χ0n) is 12.8. The lowest BCUT2D eigenvalue weighted by Gasteiger charge is -2.48. The summed E-state index contributed by atoms with van der Waals surface area (Å²) in [5, 5.41) is 10.7. The first-order valence-corrected chi connectivity index (χ1v) is 8.16. The Morgan fingerprint density at radius 3 is 2.81 bits per heavy atom. The van der Waals surface area contributed by atoms with Gasteiger partial charge in [0, 0.05) is 24.6 Å². The molecule has 1 N–H and O–H groups in total. The van der Waals surface area contributed by atoms with E-state index in [-0.39, 0.29) is 11.8 Å². The first kappa shape index (κ1) is 14.7. The van der Waals surface area contributed by atoms with Crippen LogP contribution in [0.1, 0.15) is 49.4 Å². The van der Waals surface area contributed by atoms with Crippen molar-refractivity contribution in [2.45, 2.75) is 50.7 Å². The van der Waals surface area contributed by atoms with Gasteiger partial charge in [0.25, 0.3) is 0 Å². The van der Waals surface area contributed by atoms with E-state index in [2.05, 4.69) is 4.90 Å². The molecular weight excluding hydrogens is 262 g/mol. The Kier molecular flexibility index (Phi) is 4.14. The van der Waals surface area contributed by atoms with E-state index in [0.29, 0.717) is 5.92 Å². The molecule has 3 heteroatoms. The standard InChI is InChI=1S/C18H25NO2/c1-14(17(20)15-7-3-2-4-8-15)19-12-11-18(21)10-6-5-9-16(18)13-19/h2-4,7-8,14,16,21H,5-6,9-13H2,1H3. The number of ketones is 1. The summed E-state index contributed by atoms with van der Waals surface area (Å²) < 4.78 is 0. The molecule has 0 amide bonds. The number of benzene rings is 1. The predicted molar refractivity (Wildman–Crippen MR) is 83.3 cm³/mol. The Labute approximate surface area is 127 Å². The van der Waals surface area contributed by atoms with Gasteiger partial charge in [-0.05, 0) is 26.2 Å². The molecule has 114 valence electrons. The molecule has 0 bridgehead atoms. The summed E-state index contributed by atoms with van der Waals surface area (Å²) in [4.78, 5) is 14.8. The first-order chi connectivity index (χ1) is 10.1. The van der Waals surface area contributed by atoms with Crippen LogP contribution in [0.5, 0.6) is 0 Å². The van der Waals surface area contributed by atoms with Gasteiger partial charge in [-0.15, -0.1) is 0 Å². The normalized spacial score (nSPS) is 31.4. The fraction of sp³-hybridized carbons (Fsp3) is 0.611. The van der Waals surface area contributed by atoms with E-state index < -0.39 is 5.60 Å². The van der Waals surface area contributed by atoms with Crippen LogP contribution in [0.2, 0.25) is 0 Å². The SMILES string of the molecule is CC(C(=O)c1ccccc1)N1CCC2(O)CCCCC2C1. The minimum atomic E-state index is -0.468. The first-order valence-electron chi connectivity index (χ1n) is 8.16. The predicted octanol–water partition coefficient (Wildman–Crippen LogP) is 2.88. The number of aliphatic hydroxyl groups is 1. The topological polar surface area (TPSA) is 40.5 Å². The van der Waals surface area contributed by atoms with E-state index in [1.807, 2.05) is 37.3 Å². The molecule has 1 saturated heterocycles. The average molecular weight is 287 g/mol. The molecule has 21 heavy (non-hydrogen) atoms. The van der Waals surface area contributed by atoms with Gasteiger partial charge in [-0.25, -0.2) is 0 Å². The van der Waals surface area contributed by atoms with Crippen LogP contribution < -0.4 is 0 Å². The number of nitrogens with zero attached hydrogens (tertiary/aromatic N) is 1. The Hall–Kier alpha value is -1.19. The molecule has 1 saturated carbocycles. The van der Waals surface area contributed by atoms with Crippen LogP contribution in [-0.4, -0.2) is 40.5 Å². The molecule has 3 nitrogen and oxygen atoms in total. The number of carbonyl (C=O) groups excluding carboxylic acids is 1. The van der Waals surface area contributed by atoms with Crippen LogP contribution in [0.25, 0.3) is 0 Å². The van der Waals surface area contributed by atoms with Crippen molar-refractivity contribution >= 4 is 5.78 Å². The summed E-state index contributed by atoms with van der Waals surface area (Å²) >= 11 is 0. The number of piperidine rings is 1. The highest BCUT2D eigenvalue weighted by Crippen LogP contribution is 2.40. The van der Waals surface area contributed by atoms with Gasteiger partial charge in [0.2, 0.25) is 0 Å². The molecule has 0 spiro atoms. The Balaban J connectivity index is 1.69. The summed E-state index contributed by atoms with van der Waals surface area (Å²) in [6.07, 6.45) is 5.20. The molecule has 3 atom stereocenters. The summed E-state index contributed by atoms with van der Waals surface area (Å²) in [7, 11) is 0. The van der Waals surface area contributed by atoms with Crippen molar-refractivity contribution in [1.82, 2.24) is 4.90 Å². The number of rotatable bonds is 3. The molecule has 0 radical (unpaired) electrons. The summed E-state index contributed by atoms with van der Waals surface area (Å²) in [6, 6.07) is 9.44. The lowest BCUT2D eigenvalue weighted by molar-refractivity contribution is -0.0989. The number of Topliss-reactive ketones (excluding diaryl/α,β-unsaturated/α-hetero) is 1. The van der Waals surface area contributed by atoms with E-state index in [4.69, 9.17) is 0 Å². The van der Waals surface area contributed by atoms with Gasteiger partial charge >= 0.3 is 0 Å². The number of likely N-dealkylation sites (tertiary alicyclic amines) is 1. The smallest absolute Gasteiger partial charge is 0.179 e. The van der Waals surface area contributed by atoms with Crippen molar-refractivity contribution in [3.63, 3.8) is 0 Å². The lowest BCUT2D eigenvalue weighted by atomic mass is 9.71.